The molecule has 0 saturated heterocycles. The number of amides is 3. The number of nitrogens with one attached hydrogen (secondary N) is 3. The highest BCUT2D eigenvalue weighted by atomic mass is 16.2. The first-order valence-electron chi connectivity index (χ1n) is 5.65. The number of anilines is 1. The Hall–Kier alpha value is -2.08. The van der Waals surface area contributed by atoms with E-state index in [0.29, 0.717) is 17.8 Å². The minimum absolute atomic E-state index is 0.150. The molecule has 1 unspecified atom stereocenters. The van der Waals surface area contributed by atoms with Crippen LogP contribution in [0.4, 0.5) is 10.5 Å². The second kappa shape index (κ2) is 6.61. The molecule has 5 N–H and O–H groups in total. The third kappa shape index (κ3) is 4.42. The van der Waals surface area contributed by atoms with E-state index in [0.717, 1.165) is 0 Å². The maximum atomic E-state index is 11.7. The van der Waals surface area contributed by atoms with Crippen molar-refractivity contribution in [2.45, 2.75) is 13.0 Å². The molecule has 0 bridgehead atoms. The number of benzene rings is 1. The van der Waals surface area contributed by atoms with Gasteiger partial charge in [-0.3, -0.25) is 4.79 Å². The van der Waals surface area contributed by atoms with Crippen LogP contribution in [0.15, 0.2) is 24.3 Å². The highest BCUT2D eigenvalue weighted by molar-refractivity contribution is 5.95. The van der Waals surface area contributed by atoms with E-state index in [1.807, 2.05) is 14.0 Å². The SMILES string of the molecule is CNC(C)CNC(=O)c1ccc(NC(N)=O)cc1. The Morgan fingerprint density at radius 2 is 1.89 bits per heavy atom. The number of hydrogen-bond donors (Lipinski definition) is 4. The van der Waals surface area contributed by atoms with E-state index in [4.69, 9.17) is 5.73 Å². The first-order chi connectivity index (χ1) is 8.52. The van der Waals surface area contributed by atoms with Gasteiger partial charge in [-0.2, -0.15) is 0 Å². The number of hydrogen-bond acceptors (Lipinski definition) is 3. The predicted octanol–water partition coefficient (Wildman–Crippen LogP) is 0.515. The lowest BCUT2D eigenvalue weighted by molar-refractivity contribution is 0.0950. The van der Waals surface area contributed by atoms with Crippen LogP contribution in [0.5, 0.6) is 0 Å². The molecule has 6 heteroatoms. The van der Waals surface area contributed by atoms with E-state index in [9.17, 15) is 9.59 Å². The third-order valence-corrected chi connectivity index (χ3v) is 2.48. The van der Waals surface area contributed by atoms with Gasteiger partial charge in [-0.1, -0.05) is 0 Å². The normalized spacial score (nSPS) is 11.7. The quantitative estimate of drug-likeness (QED) is 0.613. The largest absolute Gasteiger partial charge is 0.351 e. The number of carbonyl (C=O) groups excluding carboxylic acids is 2. The zero-order chi connectivity index (χ0) is 13.5. The van der Waals surface area contributed by atoms with Gasteiger partial charge in [-0.25, -0.2) is 4.79 Å². The Labute approximate surface area is 106 Å². The van der Waals surface area contributed by atoms with Crippen LogP contribution in [0.25, 0.3) is 0 Å². The lowest BCUT2D eigenvalue weighted by atomic mass is 10.2. The van der Waals surface area contributed by atoms with E-state index in [1.54, 1.807) is 24.3 Å². The van der Waals surface area contributed by atoms with Gasteiger partial charge < -0.3 is 21.7 Å². The Morgan fingerprint density at radius 1 is 1.28 bits per heavy atom. The van der Waals surface area contributed by atoms with Gasteiger partial charge in [0, 0.05) is 23.8 Å². The first-order valence-corrected chi connectivity index (χ1v) is 5.65. The summed E-state index contributed by atoms with van der Waals surface area (Å²) in [5.41, 5.74) is 6.08. The summed E-state index contributed by atoms with van der Waals surface area (Å²) >= 11 is 0. The fourth-order valence-corrected chi connectivity index (χ4v) is 1.30. The van der Waals surface area contributed by atoms with E-state index in [-0.39, 0.29) is 11.9 Å². The summed E-state index contributed by atoms with van der Waals surface area (Å²) in [6.07, 6.45) is 0. The Balaban J connectivity index is 2.56. The molecular formula is C12H18N4O2. The van der Waals surface area contributed by atoms with Crippen LogP contribution in [0, 0.1) is 0 Å². The molecule has 1 rings (SSSR count). The van der Waals surface area contributed by atoms with E-state index < -0.39 is 6.03 Å². The van der Waals surface area contributed by atoms with Crippen LogP contribution < -0.4 is 21.7 Å². The number of urea groups is 1. The summed E-state index contributed by atoms with van der Waals surface area (Å²) in [5, 5.41) is 8.25. The van der Waals surface area contributed by atoms with Crippen molar-refractivity contribution in [3.05, 3.63) is 29.8 Å². The topological polar surface area (TPSA) is 96.2 Å². The average molecular weight is 250 g/mol. The summed E-state index contributed by atoms with van der Waals surface area (Å²) in [7, 11) is 1.83. The van der Waals surface area contributed by atoms with Crippen molar-refractivity contribution >= 4 is 17.6 Å². The number of carbonyl (C=O) groups is 2. The monoisotopic (exact) mass is 250 g/mol. The van der Waals surface area contributed by atoms with Crippen LogP contribution in [0.2, 0.25) is 0 Å². The van der Waals surface area contributed by atoms with Crippen LogP contribution in [-0.2, 0) is 0 Å². The number of rotatable bonds is 5. The average Bonchev–Trinajstić information content (AvgIpc) is 2.35. The van der Waals surface area contributed by atoms with Crippen molar-refractivity contribution in [3.8, 4) is 0 Å². The molecule has 1 aromatic rings. The molecule has 0 aliphatic heterocycles. The molecule has 6 nitrogen and oxygen atoms in total. The summed E-state index contributed by atoms with van der Waals surface area (Å²) in [6, 6.07) is 6.09. The van der Waals surface area contributed by atoms with Crippen molar-refractivity contribution in [3.63, 3.8) is 0 Å². The molecule has 0 aliphatic carbocycles. The lowest BCUT2D eigenvalue weighted by Gasteiger charge is -2.11. The van der Waals surface area contributed by atoms with Gasteiger partial charge in [-0.15, -0.1) is 0 Å². The molecule has 0 aliphatic rings. The van der Waals surface area contributed by atoms with Crippen molar-refractivity contribution in [2.75, 3.05) is 18.9 Å². The highest BCUT2D eigenvalue weighted by Crippen LogP contribution is 2.09. The van der Waals surface area contributed by atoms with Crippen LogP contribution in [-0.4, -0.2) is 31.6 Å². The second-order valence-corrected chi connectivity index (χ2v) is 3.97. The van der Waals surface area contributed by atoms with Crippen LogP contribution in [0.3, 0.4) is 0 Å². The molecule has 0 saturated carbocycles. The van der Waals surface area contributed by atoms with Gasteiger partial charge in [0.25, 0.3) is 5.91 Å². The fraction of sp³-hybridized carbons (Fsp3) is 0.333. The molecule has 1 atom stereocenters. The Kier molecular flexibility index (Phi) is 5.13. The predicted molar refractivity (Wildman–Crippen MR) is 70.5 cm³/mol. The molecule has 0 fully saturated rings. The zero-order valence-corrected chi connectivity index (χ0v) is 10.5. The summed E-state index contributed by atoms with van der Waals surface area (Å²) in [6.45, 7) is 2.52. The molecule has 0 aromatic heterocycles. The molecular weight excluding hydrogens is 232 g/mol. The molecule has 3 amide bonds. The summed E-state index contributed by atoms with van der Waals surface area (Å²) in [5.74, 6) is -0.150. The minimum atomic E-state index is -0.630. The molecule has 0 spiro atoms. The third-order valence-electron chi connectivity index (χ3n) is 2.48. The minimum Gasteiger partial charge on any atom is -0.351 e. The van der Waals surface area contributed by atoms with Gasteiger partial charge >= 0.3 is 6.03 Å². The van der Waals surface area contributed by atoms with Gasteiger partial charge in [0.2, 0.25) is 0 Å². The maximum Gasteiger partial charge on any atom is 0.316 e. The van der Waals surface area contributed by atoms with Crippen molar-refractivity contribution in [1.29, 1.82) is 0 Å². The maximum absolute atomic E-state index is 11.7. The first kappa shape index (κ1) is 14.0. The molecule has 1 aromatic carbocycles. The number of likely N-dealkylation sites (N-methyl/N-ethyl adjacent to an activating group) is 1. The lowest BCUT2D eigenvalue weighted by Crippen LogP contribution is -2.37. The van der Waals surface area contributed by atoms with Gasteiger partial charge in [0.05, 0.1) is 0 Å². The number of primary amides is 1. The molecule has 18 heavy (non-hydrogen) atoms. The second-order valence-electron chi connectivity index (χ2n) is 3.97. The van der Waals surface area contributed by atoms with Gasteiger partial charge in [0.1, 0.15) is 0 Å². The van der Waals surface area contributed by atoms with Crippen LogP contribution in [0.1, 0.15) is 17.3 Å². The zero-order valence-electron chi connectivity index (χ0n) is 10.5. The van der Waals surface area contributed by atoms with Gasteiger partial charge in [-0.05, 0) is 38.2 Å². The van der Waals surface area contributed by atoms with E-state index in [1.165, 1.54) is 0 Å². The Morgan fingerprint density at radius 3 is 2.39 bits per heavy atom. The Bertz CT molecular complexity index is 417. The molecule has 0 radical (unpaired) electrons. The van der Waals surface area contributed by atoms with Crippen LogP contribution >= 0.6 is 0 Å². The van der Waals surface area contributed by atoms with Crippen molar-refractivity contribution in [1.82, 2.24) is 10.6 Å². The van der Waals surface area contributed by atoms with Crippen molar-refractivity contribution < 1.29 is 9.59 Å². The highest BCUT2D eigenvalue weighted by Gasteiger charge is 2.06. The summed E-state index contributed by atoms with van der Waals surface area (Å²) in [4.78, 5) is 22.4. The van der Waals surface area contributed by atoms with E-state index in [2.05, 4.69) is 16.0 Å². The molecule has 0 heterocycles. The number of nitrogens with two attached hydrogens (primary N) is 1. The smallest absolute Gasteiger partial charge is 0.316 e. The standard InChI is InChI=1S/C12H18N4O2/c1-8(14-2)7-15-11(17)9-3-5-10(6-4-9)16-12(13)18/h3-6,8,14H,7H2,1-2H3,(H,15,17)(H3,13,16,18). The van der Waals surface area contributed by atoms with E-state index >= 15 is 0 Å². The fourth-order valence-electron chi connectivity index (χ4n) is 1.30. The molecule has 98 valence electrons. The van der Waals surface area contributed by atoms with Gasteiger partial charge in [0.15, 0.2) is 0 Å². The van der Waals surface area contributed by atoms with Crippen molar-refractivity contribution in [2.24, 2.45) is 5.73 Å². The summed E-state index contributed by atoms with van der Waals surface area (Å²) < 4.78 is 0.